The van der Waals surface area contributed by atoms with Gasteiger partial charge in [0.05, 0.1) is 0 Å². The summed E-state index contributed by atoms with van der Waals surface area (Å²) in [6.45, 7) is 1.52. The number of carbonyl (C=O) groups excluding carboxylic acids is 2. The number of benzene rings is 1. The van der Waals surface area contributed by atoms with E-state index in [-0.39, 0.29) is 11.7 Å². The van der Waals surface area contributed by atoms with Gasteiger partial charge in [-0.1, -0.05) is 18.2 Å². The molecule has 0 radical (unpaired) electrons. The number of rotatable bonds is 6. The van der Waals surface area contributed by atoms with Gasteiger partial charge in [0, 0.05) is 22.5 Å². The van der Waals surface area contributed by atoms with Crippen molar-refractivity contribution in [3.05, 3.63) is 52.2 Å². The van der Waals surface area contributed by atoms with Crippen LogP contribution in [-0.4, -0.2) is 11.7 Å². The Balaban J connectivity index is 1.82. The molecule has 0 bridgehead atoms. The number of hydrogen-bond donors (Lipinski definition) is 1. The van der Waals surface area contributed by atoms with Gasteiger partial charge in [-0.2, -0.15) is 0 Å². The smallest absolute Gasteiger partial charge is 0.224 e. The van der Waals surface area contributed by atoms with E-state index in [1.807, 2.05) is 11.4 Å². The van der Waals surface area contributed by atoms with E-state index in [0.717, 1.165) is 12.8 Å². The molecule has 0 aliphatic heterocycles. The fourth-order valence-corrected chi connectivity index (χ4v) is 2.67. The van der Waals surface area contributed by atoms with Gasteiger partial charge in [-0.25, -0.2) is 0 Å². The van der Waals surface area contributed by atoms with Crippen molar-refractivity contribution in [3.63, 3.8) is 0 Å². The number of ketones is 1. The Morgan fingerprint density at radius 3 is 2.75 bits per heavy atom. The van der Waals surface area contributed by atoms with Gasteiger partial charge in [0.2, 0.25) is 5.91 Å². The van der Waals surface area contributed by atoms with E-state index >= 15 is 0 Å². The Kier molecular flexibility index (Phi) is 5.07. The average Bonchev–Trinajstić information content (AvgIpc) is 2.92. The van der Waals surface area contributed by atoms with Crippen LogP contribution in [0.3, 0.4) is 0 Å². The minimum absolute atomic E-state index is 0.00112. The number of Topliss-reactive ketones (excluding diaryl/α,β-unsaturated/α-hetero) is 1. The largest absolute Gasteiger partial charge is 0.326 e. The summed E-state index contributed by atoms with van der Waals surface area (Å²) >= 11 is 1.71. The third kappa shape index (κ3) is 4.31. The van der Waals surface area contributed by atoms with Crippen molar-refractivity contribution in [2.45, 2.75) is 26.2 Å². The van der Waals surface area contributed by atoms with Crippen molar-refractivity contribution in [2.75, 3.05) is 5.32 Å². The van der Waals surface area contributed by atoms with E-state index in [2.05, 4.69) is 11.4 Å². The first kappa shape index (κ1) is 14.5. The molecule has 0 unspecified atom stereocenters. The van der Waals surface area contributed by atoms with Crippen molar-refractivity contribution in [3.8, 4) is 0 Å². The molecule has 1 aromatic carbocycles. The van der Waals surface area contributed by atoms with E-state index in [1.54, 1.807) is 35.6 Å². The number of hydrogen-bond acceptors (Lipinski definition) is 3. The van der Waals surface area contributed by atoms with Crippen LogP contribution in [0.4, 0.5) is 5.69 Å². The van der Waals surface area contributed by atoms with Crippen LogP contribution < -0.4 is 5.32 Å². The standard InChI is InChI=1S/C16H17NO2S/c1-12(18)13-5-2-6-14(11-13)17-16(19)9-3-7-15-8-4-10-20-15/h2,4-6,8,10-11H,3,7,9H2,1H3,(H,17,19). The van der Waals surface area contributed by atoms with Gasteiger partial charge >= 0.3 is 0 Å². The molecule has 0 aliphatic rings. The lowest BCUT2D eigenvalue weighted by molar-refractivity contribution is -0.116. The predicted octanol–water partition coefficient (Wildman–Crippen LogP) is 3.91. The monoisotopic (exact) mass is 287 g/mol. The molecule has 1 amide bonds. The first-order chi connectivity index (χ1) is 9.65. The molecule has 0 spiro atoms. The molecular formula is C16H17NO2S. The number of nitrogens with one attached hydrogen (secondary N) is 1. The van der Waals surface area contributed by atoms with E-state index in [0.29, 0.717) is 17.7 Å². The molecule has 0 atom stereocenters. The second kappa shape index (κ2) is 7.01. The van der Waals surface area contributed by atoms with Crippen molar-refractivity contribution < 1.29 is 9.59 Å². The lowest BCUT2D eigenvalue weighted by Crippen LogP contribution is -2.11. The van der Waals surface area contributed by atoms with Crippen LogP contribution in [-0.2, 0) is 11.2 Å². The van der Waals surface area contributed by atoms with E-state index in [4.69, 9.17) is 0 Å². The number of amides is 1. The summed E-state index contributed by atoms with van der Waals surface area (Å²) in [4.78, 5) is 24.4. The Hall–Kier alpha value is -1.94. The summed E-state index contributed by atoms with van der Waals surface area (Å²) in [5, 5.41) is 4.87. The summed E-state index contributed by atoms with van der Waals surface area (Å²) in [5.74, 6) is -0.0129. The second-order valence-electron chi connectivity index (χ2n) is 4.62. The SMILES string of the molecule is CC(=O)c1cccc(NC(=O)CCCc2cccs2)c1. The average molecular weight is 287 g/mol. The maximum absolute atomic E-state index is 11.8. The molecule has 0 fully saturated rings. The molecule has 1 aromatic heterocycles. The van der Waals surface area contributed by atoms with Crippen LogP contribution in [0, 0.1) is 0 Å². The Bertz CT molecular complexity index is 590. The van der Waals surface area contributed by atoms with Gasteiger partial charge in [-0.05, 0) is 43.3 Å². The number of aryl methyl sites for hydroxylation is 1. The van der Waals surface area contributed by atoms with E-state index in [9.17, 15) is 9.59 Å². The van der Waals surface area contributed by atoms with Crippen LogP contribution in [0.25, 0.3) is 0 Å². The summed E-state index contributed by atoms with van der Waals surface area (Å²) < 4.78 is 0. The number of thiophene rings is 1. The molecular weight excluding hydrogens is 270 g/mol. The van der Waals surface area contributed by atoms with Gasteiger partial charge in [0.15, 0.2) is 5.78 Å². The van der Waals surface area contributed by atoms with Crippen LogP contribution in [0.15, 0.2) is 41.8 Å². The molecule has 1 N–H and O–H groups in total. The lowest BCUT2D eigenvalue weighted by Gasteiger charge is -2.06. The van der Waals surface area contributed by atoms with Crippen molar-refractivity contribution in [2.24, 2.45) is 0 Å². The van der Waals surface area contributed by atoms with Crippen molar-refractivity contribution in [1.29, 1.82) is 0 Å². The molecule has 2 rings (SSSR count). The van der Waals surface area contributed by atoms with Crippen LogP contribution in [0.2, 0.25) is 0 Å². The Morgan fingerprint density at radius 1 is 1.20 bits per heavy atom. The maximum Gasteiger partial charge on any atom is 0.224 e. The third-order valence-electron chi connectivity index (χ3n) is 2.96. The minimum Gasteiger partial charge on any atom is -0.326 e. The van der Waals surface area contributed by atoms with E-state index < -0.39 is 0 Å². The molecule has 104 valence electrons. The van der Waals surface area contributed by atoms with Gasteiger partial charge in [0.1, 0.15) is 0 Å². The normalized spacial score (nSPS) is 10.2. The zero-order valence-corrected chi connectivity index (χ0v) is 12.2. The van der Waals surface area contributed by atoms with Gasteiger partial charge < -0.3 is 5.32 Å². The minimum atomic E-state index is -0.0118. The molecule has 0 saturated heterocycles. The zero-order chi connectivity index (χ0) is 14.4. The molecule has 0 aliphatic carbocycles. The fourth-order valence-electron chi connectivity index (χ4n) is 1.92. The highest BCUT2D eigenvalue weighted by molar-refractivity contribution is 7.09. The van der Waals surface area contributed by atoms with Crippen LogP contribution in [0.1, 0.15) is 35.0 Å². The first-order valence-electron chi connectivity index (χ1n) is 6.58. The third-order valence-corrected chi connectivity index (χ3v) is 3.90. The zero-order valence-electron chi connectivity index (χ0n) is 11.4. The number of carbonyl (C=O) groups is 2. The Morgan fingerprint density at radius 2 is 2.05 bits per heavy atom. The van der Waals surface area contributed by atoms with E-state index in [1.165, 1.54) is 11.8 Å². The second-order valence-corrected chi connectivity index (χ2v) is 5.65. The number of anilines is 1. The molecule has 20 heavy (non-hydrogen) atoms. The molecule has 3 nitrogen and oxygen atoms in total. The van der Waals surface area contributed by atoms with Crippen LogP contribution >= 0.6 is 11.3 Å². The van der Waals surface area contributed by atoms with Gasteiger partial charge in [-0.15, -0.1) is 11.3 Å². The molecule has 4 heteroatoms. The summed E-state index contributed by atoms with van der Waals surface area (Å²) in [7, 11) is 0. The first-order valence-corrected chi connectivity index (χ1v) is 7.46. The summed E-state index contributed by atoms with van der Waals surface area (Å²) in [5.41, 5.74) is 1.29. The molecule has 0 saturated carbocycles. The topological polar surface area (TPSA) is 46.2 Å². The highest BCUT2D eigenvalue weighted by atomic mass is 32.1. The fraction of sp³-hybridized carbons (Fsp3) is 0.250. The van der Waals surface area contributed by atoms with Crippen LogP contribution in [0.5, 0.6) is 0 Å². The van der Waals surface area contributed by atoms with Crippen molar-refractivity contribution in [1.82, 2.24) is 0 Å². The summed E-state index contributed by atoms with van der Waals surface area (Å²) in [6.07, 6.45) is 2.25. The summed E-state index contributed by atoms with van der Waals surface area (Å²) in [6, 6.07) is 11.1. The quantitative estimate of drug-likeness (QED) is 0.819. The Labute approximate surface area is 122 Å². The highest BCUT2D eigenvalue weighted by Gasteiger charge is 2.05. The van der Waals surface area contributed by atoms with Gasteiger partial charge in [0.25, 0.3) is 0 Å². The maximum atomic E-state index is 11.8. The molecule has 1 heterocycles. The predicted molar refractivity (Wildman–Crippen MR) is 82.3 cm³/mol. The molecule has 2 aromatic rings. The van der Waals surface area contributed by atoms with Crippen molar-refractivity contribution >= 4 is 28.7 Å². The highest BCUT2D eigenvalue weighted by Crippen LogP contribution is 2.14. The van der Waals surface area contributed by atoms with Gasteiger partial charge in [-0.3, -0.25) is 9.59 Å². The lowest BCUT2D eigenvalue weighted by atomic mass is 10.1.